The van der Waals surface area contributed by atoms with E-state index in [0.717, 1.165) is 5.56 Å². The number of ketones is 1. The average molecular weight is 472 g/mol. The first-order valence-electron chi connectivity index (χ1n) is 11.1. The number of carbonyl (C=O) groups excluding carboxylic acids is 2. The molecule has 0 aromatic heterocycles. The van der Waals surface area contributed by atoms with Gasteiger partial charge in [0.25, 0.3) is 10.2 Å². The second-order valence-electron chi connectivity index (χ2n) is 9.69. The molecule has 1 N–H and O–H groups in total. The average Bonchev–Trinajstić information content (AvgIpc) is 2.78. The molecule has 0 bridgehead atoms. The molecule has 0 aliphatic carbocycles. The molecule has 1 aliphatic heterocycles. The number of carbonyl (C=O) groups is 2. The Morgan fingerprint density at radius 2 is 1.58 bits per heavy atom. The van der Waals surface area contributed by atoms with E-state index in [1.807, 2.05) is 24.3 Å². The first-order valence-corrected chi connectivity index (χ1v) is 12.5. The summed E-state index contributed by atoms with van der Waals surface area (Å²) < 4.78 is 27.1. The second-order valence-corrected chi connectivity index (χ2v) is 11.8. The number of nitrogens with zero attached hydrogens (tertiary/aromatic N) is 2. The van der Waals surface area contributed by atoms with E-state index in [1.165, 1.54) is 22.7 Å². The van der Waals surface area contributed by atoms with Crippen LogP contribution >= 0.6 is 0 Å². The van der Waals surface area contributed by atoms with Crippen molar-refractivity contribution in [3.63, 3.8) is 0 Å². The lowest BCUT2D eigenvalue weighted by Gasteiger charge is -2.32. The molecule has 0 unspecified atom stereocenters. The van der Waals surface area contributed by atoms with Crippen molar-refractivity contribution in [1.29, 1.82) is 0 Å². The maximum Gasteiger partial charge on any atom is 0.281 e. The van der Waals surface area contributed by atoms with Gasteiger partial charge in [-0.2, -0.15) is 17.0 Å². The fraction of sp³-hybridized carbons (Fsp3) is 0.440. The Bertz CT molecular complexity index is 1110. The Morgan fingerprint density at radius 3 is 2.12 bits per heavy atom. The highest BCUT2D eigenvalue weighted by Gasteiger charge is 2.32. The minimum atomic E-state index is -3.46. The van der Waals surface area contributed by atoms with Crippen LogP contribution in [-0.2, 0) is 20.4 Å². The van der Waals surface area contributed by atoms with Gasteiger partial charge in [0.2, 0.25) is 5.91 Å². The highest BCUT2D eigenvalue weighted by Crippen LogP contribution is 2.25. The van der Waals surface area contributed by atoms with Crippen LogP contribution < -0.4 is 5.32 Å². The van der Waals surface area contributed by atoms with Gasteiger partial charge < -0.3 is 5.32 Å². The van der Waals surface area contributed by atoms with E-state index in [1.54, 1.807) is 24.3 Å². The molecule has 2 aromatic carbocycles. The number of hydrogen-bond donors (Lipinski definition) is 1. The molecule has 0 radical (unpaired) electrons. The number of rotatable bonds is 6. The van der Waals surface area contributed by atoms with E-state index < -0.39 is 10.2 Å². The number of hydrogen-bond acceptors (Lipinski definition) is 4. The Kier molecular flexibility index (Phi) is 7.41. The van der Waals surface area contributed by atoms with Crippen LogP contribution in [0.3, 0.4) is 0 Å². The van der Waals surface area contributed by atoms with Crippen LogP contribution in [0, 0.1) is 5.92 Å². The van der Waals surface area contributed by atoms with Crippen LogP contribution in [0.2, 0.25) is 0 Å². The molecule has 1 heterocycles. The van der Waals surface area contributed by atoms with Gasteiger partial charge in [0, 0.05) is 49.9 Å². The van der Waals surface area contributed by atoms with E-state index in [-0.39, 0.29) is 23.0 Å². The summed E-state index contributed by atoms with van der Waals surface area (Å²) in [6.45, 7) is 6.99. The molecule has 1 amide bonds. The van der Waals surface area contributed by atoms with Crippen LogP contribution in [0.5, 0.6) is 0 Å². The van der Waals surface area contributed by atoms with Gasteiger partial charge in [-0.25, -0.2) is 0 Å². The number of piperidine rings is 1. The Morgan fingerprint density at radius 1 is 0.970 bits per heavy atom. The molecule has 0 spiro atoms. The third-order valence-corrected chi connectivity index (χ3v) is 7.96. The lowest BCUT2D eigenvalue weighted by atomic mass is 9.86. The second kappa shape index (κ2) is 9.75. The molecular formula is C25H33N3O4S. The monoisotopic (exact) mass is 471 g/mol. The predicted octanol–water partition coefficient (Wildman–Crippen LogP) is 3.67. The molecule has 1 aliphatic rings. The van der Waals surface area contributed by atoms with Crippen LogP contribution in [0.15, 0.2) is 48.5 Å². The summed E-state index contributed by atoms with van der Waals surface area (Å²) in [5, 5.41) is 2.89. The minimum absolute atomic E-state index is 0.0125. The molecule has 8 heteroatoms. The van der Waals surface area contributed by atoms with Crippen LogP contribution in [-0.4, -0.2) is 55.9 Å². The maximum atomic E-state index is 13.0. The molecule has 0 saturated carbocycles. The molecule has 1 fully saturated rings. The Hall–Kier alpha value is -2.55. The van der Waals surface area contributed by atoms with Gasteiger partial charge in [-0.15, -0.1) is 0 Å². The summed E-state index contributed by atoms with van der Waals surface area (Å²) >= 11 is 0. The van der Waals surface area contributed by atoms with E-state index in [9.17, 15) is 18.0 Å². The summed E-state index contributed by atoms with van der Waals surface area (Å²) in [7, 11) is -0.460. The largest absolute Gasteiger partial charge is 0.326 e. The molecule has 3 rings (SSSR count). The lowest BCUT2D eigenvalue weighted by Crippen LogP contribution is -2.46. The summed E-state index contributed by atoms with van der Waals surface area (Å²) in [6.07, 6.45) is 0.912. The summed E-state index contributed by atoms with van der Waals surface area (Å²) in [4.78, 5) is 25.7. The molecule has 33 heavy (non-hydrogen) atoms. The van der Waals surface area contributed by atoms with E-state index >= 15 is 0 Å². The van der Waals surface area contributed by atoms with Gasteiger partial charge in [0.15, 0.2) is 5.78 Å². The maximum absolute atomic E-state index is 13.0. The van der Waals surface area contributed by atoms with Crippen LogP contribution in [0.4, 0.5) is 5.69 Å². The lowest BCUT2D eigenvalue weighted by molar-refractivity contribution is -0.120. The third-order valence-electron chi connectivity index (χ3n) is 6.02. The van der Waals surface area contributed by atoms with Crippen LogP contribution in [0.1, 0.15) is 55.1 Å². The van der Waals surface area contributed by atoms with Crippen molar-refractivity contribution in [3.8, 4) is 0 Å². The molecule has 178 valence electrons. The molecule has 7 nitrogen and oxygen atoms in total. The standard InChI is InChI=1S/C25H33N3O4S/c1-25(2,3)21-11-9-18(10-12-21)23(29)20-7-6-8-22(17-20)26-24(30)19-13-15-28(16-14-19)33(31,32)27(4)5/h6-12,17,19H,13-16H2,1-5H3,(H,26,30). The van der Waals surface area contributed by atoms with Crippen molar-refractivity contribution in [2.24, 2.45) is 5.92 Å². The first kappa shape index (κ1) is 25.1. The van der Waals surface area contributed by atoms with E-state index in [0.29, 0.717) is 42.7 Å². The smallest absolute Gasteiger partial charge is 0.281 e. The van der Waals surface area contributed by atoms with Gasteiger partial charge in [-0.1, -0.05) is 57.2 Å². The third kappa shape index (κ3) is 5.88. The van der Waals surface area contributed by atoms with Crippen molar-refractivity contribution in [3.05, 3.63) is 65.2 Å². The fourth-order valence-electron chi connectivity index (χ4n) is 3.85. The van der Waals surface area contributed by atoms with Gasteiger partial charge >= 0.3 is 0 Å². The summed E-state index contributed by atoms with van der Waals surface area (Å²) in [5.41, 5.74) is 2.83. The van der Waals surface area contributed by atoms with Gasteiger partial charge in [-0.05, 0) is 36.0 Å². The van der Waals surface area contributed by atoms with Crippen LogP contribution in [0.25, 0.3) is 0 Å². The Balaban J connectivity index is 1.64. The number of nitrogens with one attached hydrogen (secondary N) is 1. The predicted molar refractivity (Wildman–Crippen MR) is 131 cm³/mol. The Labute approximate surface area is 197 Å². The SMILES string of the molecule is CN(C)S(=O)(=O)N1CCC(C(=O)Nc2cccc(C(=O)c3ccc(C(C)(C)C)cc3)c2)CC1. The molecule has 0 atom stereocenters. The summed E-state index contributed by atoms with van der Waals surface area (Å²) in [6, 6.07) is 14.5. The highest BCUT2D eigenvalue weighted by atomic mass is 32.2. The molecule has 2 aromatic rings. The van der Waals surface area contributed by atoms with E-state index in [4.69, 9.17) is 0 Å². The van der Waals surface area contributed by atoms with E-state index in [2.05, 4.69) is 26.1 Å². The zero-order valence-electron chi connectivity index (χ0n) is 20.0. The summed E-state index contributed by atoms with van der Waals surface area (Å²) in [5.74, 6) is -0.535. The van der Waals surface area contributed by atoms with Crippen molar-refractivity contribution >= 4 is 27.6 Å². The zero-order valence-corrected chi connectivity index (χ0v) is 20.8. The van der Waals surface area contributed by atoms with Gasteiger partial charge in [-0.3, -0.25) is 9.59 Å². The van der Waals surface area contributed by atoms with Gasteiger partial charge in [0.05, 0.1) is 0 Å². The fourth-order valence-corrected chi connectivity index (χ4v) is 4.98. The molecular weight excluding hydrogens is 438 g/mol. The number of amides is 1. The molecule has 1 saturated heterocycles. The normalized spacial score (nSPS) is 16.1. The number of anilines is 1. The highest BCUT2D eigenvalue weighted by molar-refractivity contribution is 7.86. The number of benzene rings is 2. The van der Waals surface area contributed by atoms with Crippen molar-refractivity contribution < 1.29 is 18.0 Å². The van der Waals surface area contributed by atoms with Crippen molar-refractivity contribution in [1.82, 2.24) is 8.61 Å². The minimum Gasteiger partial charge on any atom is -0.326 e. The first-order chi connectivity index (χ1) is 15.4. The van der Waals surface area contributed by atoms with Crippen molar-refractivity contribution in [2.75, 3.05) is 32.5 Å². The topological polar surface area (TPSA) is 86.8 Å². The quantitative estimate of drug-likeness (QED) is 0.651. The van der Waals surface area contributed by atoms with Crippen molar-refractivity contribution in [2.45, 2.75) is 39.0 Å². The van der Waals surface area contributed by atoms with Gasteiger partial charge in [0.1, 0.15) is 0 Å². The zero-order chi connectivity index (χ0) is 24.4.